The summed E-state index contributed by atoms with van der Waals surface area (Å²) in [6.45, 7) is 0.229. The maximum absolute atomic E-state index is 11.1. The lowest BCUT2D eigenvalue weighted by Crippen LogP contribution is -2.04. The highest BCUT2D eigenvalue weighted by atomic mass is 79.9. The van der Waals surface area contributed by atoms with Crippen LogP contribution in [0.5, 0.6) is 11.5 Å². The second-order valence-electron chi connectivity index (χ2n) is 4.05. The Balaban J connectivity index is 2.21. The molecular weight excluding hydrogens is 324 g/mol. The second-order valence-corrected chi connectivity index (χ2v) is 4.96. The van der Waals surface area contributed by atoms with E-state index in [1.807, 2.05) is 18.2 Å². The molecule has 0 fully saturated rings. The Kier molecular flexibility index (Phi) is 4.63. The average Bonchev–Trinajstić information content (AvgIpc) is 2.45. The van der Waals surface area contributed by atoms with Gasteiger partial charge in [0.25, 0.3) is 0 Å². The zero-order chi connectivity index (χ0) is 14.5. The monoisotopic (exact) mass is 336 g/mol. The molecule has 2 aromatic carbocycles. The molecule has 0 saturated heterocycles. The Morgan fingerprint density at radius 3 is 2.65 bits per heavy atom. The lowest BCUT2D eigenvalue weighted by molar-refractivity contribution is 0.0691. The lowest BCUT2D eigenvalue weighted by atomic mass is 10.2. The molecular formula is C15H13BrO4. The minimum atomic E-state index is -1.01. The van der Waals surface area contributed by atoms with E-state index >= 15 is 0 Å². The first-order valence-corrected chi connectivity index (χ1v) is 6.68. The third-order valence-electron chi connectivity index (χ3n) is 2.74. The number of para-hydroxylation sites is 1. The van der Waals surface area contributed by atoms with E-state index in [0.29, 0.717) is 11.5 Å². The van der Waals surface area contributed by atoms with Crippen LogP contribution in [-0.4, -0.2) is 18.2 Å². The Bertz CT molecular complexity index is 625. The molecule has 0 spiro atoms. The Hall–Kier alpha value is -2.01. The summed E-state index contributed by atoms with van der Waals surface area (Å²) in [7, 11) is 1.58. The molecule has 0 aliphatic carbocycles. The first kappa shape index (κ1) is 14.4. The summed E-state index contributed by atoms with van der Waals surface area (Å²) in [4.78, 5) is 11.1. The van der Waals surface area contributed by atoms with Gasteiger partial charge in [-0.1, -0.05) is 28.1 Å². The van der Waals surface area contributed by atoms with Crippen LogP contribution in [-0.2, 0) is 6.61 Å². The van der Waals surface area contributed by atoms with Gasteiger partial charge in [-0.25, -0.2) is 4.79 Å². The number of benzene rings is 2. The van der Waals surface area contributed by atoms with E-state index in [4.69, 9.17) is 14.6 Å². The molecule has 0 heterocycles. The number of carboxylic acids is 1. The molecule has 0 saturated carbocycles. The van der Waals surface area contributed by atoms with Crippen molar-refractivity contribution in [1.82, 2.24) is 0 Å². The summed E-state index contributed by atoms with van der Waals surface area (Å²) >= 11 is 3.38. The molecule has 0 atom stereocenters. The standard InChI is InChI=1S/C15H13BrO4/c1-19-13-7-6-11(16)8-10(13)9-20-14-5-3-2-4-12(14)15(17)18/h2-8H,9H2,1H3,(H,17,18). The minimum absolute atomic E-state index is 0.140. The van der Waals surface area contributed by atoms with Gasteiger partial charge in [-0.15, -0.1) is 0 Å². The molecule has 2 aromatic rings. The number of aromatic carboxylic acids is 1. The number of hydrogen-bond acceptors (Lipinski definition) is 3. The molecule has 5 heteroatoms. The van der Waals surface area contributed by atoms with Crippen molar-refractivity contribution in [3.8, 4) is 11.5 Å². The van der Waals surface area contributed by atoms with Gasteiger partial charge in [0.05, 0.1) is 7.11 Å². The molecule has 0 bridgehead atoms. The van der Waals surface area contributed by atoms with Crippen molar-refractivity contribution in [3.05, 3.63) is 58.1 Å². The van der Waals surface area contributed by atoms with Gasteiger partial charge in [0.15, 0.2) is 0 Å². The van der Waals surface area contributed by atoms with Gasteiger partial charge in [0, 0.05) is 10.0 Å². The van der Waals surface area contributed by atoms with Gasteiger partial charge in [0.1, 0.15) is 23.7 Å². The van der Waals surface area contributed by atoms with E-state index in [1.165, 1.54) is 6.07 Å². The van der Waals surface area contributed by atoms with Crippen LogP contribution in [0.2, 0.25) is 0 Å². The maximum Gasteiger partial charge on any atom is 0.339 e. The van der Waals surface area contributed by atoms with Crippen molar-refractivity contribution in [2.24, 2.45) is 0 Å². The number of halogens is 1. The first-order chi connectivity index (χ1) is 9.61. The smallest absolute Gasteiger partial charge is 0.339 e. The van der Waals surface area contributed by atoms with Crippen molar-refractivity contribution in [2.75, 3.05) is 7.11 Å². The van der Waals surface area contributed by atoms with E-state index in [1.54, 1.807) is 25.3 Å². The van der Waals surface area contributed by atoms with E-state index in [9.17, 15) is 4.79 Å². The molecule has 104 valence electrons. The Morgan fingerprint density at radius 1 is 1.20 bits per heavy atom. The van der Waals surface area contributed by atoms with Crippen LogP contribution in [0.3, 0.4) is 0 Å². The van der Waals surface area contributed by atoms with Gasteiger partial charge in [-0.2, -0.15) is 0 Å². The summed E-state index contributed by atoms with van der Waals surface area (Å²) < 4.78 is 11.8. The molecule has 1 N–H and O–H groups in total. The third kappa shape index (κ3) is 3.30. The van der Waals surface area contributed by atoms with Gasteiger partial charge in [0.2, 0.25) is 0 Å². The number of carboxylic acid groups (broad SMARTS) is 1. The highest BCUT2D eigenvalue weighted by Crippen LogP contribution is 2.25. The van der Waals surface area contributed by atoms with Crippen LogP contribution >= 0.6 is 15.9 Å². The highest BCUT2D eigenvalue weighted by molar-refractivity contribution is 9.10. The van der Waals surface area contributed by atoms with E-state index in [0.717, 1.165) is 10.0 Å². The Morgan fingerprint density at radius 2 is 1.95 bits per heavy atom. The summed E-state index contributed by atoms with van der Waals surface area (Å²) in [5, 5.41) is 9.10. The summed E-state index contributed by atoms with van der Waals surface area (Å²) in [6.07, 6.45) is 0. The average molecular weight is 337 g/mol. The fourth-order valence-corrected chi connectivity index (χ4v) is 2.19. The van der Waals surface area contributed by atoms with E-state index in [-0.39, 0.29) is 12.2 Å². The van der Waals surface area contributed by atoms with Crippen LogP contribution in [0.4, 0.5) is 0 Å². The number of carbonyl (C=O) groups is 1. The van der Waals surface area contributed by atoms with Crippen LogP contribution in [0, 0.1) is 0 Å². The van der Waals surface area contributed by atoms with E-state index < -0.39 is 5.97 Å². The molecule has 0 unspecified atom stereocenters. The normalized spacial score (nSPS) is 10.1. The number of rotatable bonds is 5. The zero-order valence-corrected chi connectivity index (χ0v) is 12.4. The quantitative estimate of drug-likeness (QED) is 0.903. The third-order valence-corrected chi connectivity index (χ3v) is 3.24. The summed E-state index contributed by atoms with van der Waals surface area (Å²) in [5.41, 5.74) is 0.975. The highest BCUT2D eigenvalue weighted by Gasteiger charge is 2.11. The number of ether oxygens (including phenoxy) is 2. The summed E-state index contributed by atoms with van der Waals surface area (Å²) in [5.74, 6) is 0.0184. The van der Waals surface area contributed by atoms with E-state index in [2.05, 4.69) is 15.9 Å². The van der Waals surface area contributed by atoms with Crippen molar-refractivity contribution in [2.45, 2.75) is 6.61 Å². The van der Waals surface area contributed by atoms with Crippen LogP contribution in [0.15, 0.2) is 46.9 Å². The van der Waals surface area contributed by atoms with Gasteiger partial charge in [-0.3, -0.25) is 0 Å². The zero-order valence-electron chi connectivity index (χ0n) is 10.8. The largest absolute Gasteiger partial charge is 0.496 e. The van der Waals surface area contributed by atoms with Gasteiger partial charge >= 0.3 is 5.97 Å². The predicted molar refractivity (Wildman–Crippen MR) is 78.4 cm³/mol. The van der Waals surface area contributed by atoms with Crippen molar-refractivity contribution in [3.63, 3.8) is 0 Å². The SMILES string of the molecule is COc1ccc(Br)cc1COc1ccccc1C(=O)O. The van der Waals surface area contributed by atoms with Crippen LogP contribution in [0.1, 0.15) is 15.9 Å². The second kappa shape index (κ2) is 6.43. The molecule has 2 rings (SSSR count). The molecule has 0 aliphatic rings. The van der Waals surface area contributed by atoms with Gasteiger partial charge < -0.3 is 14.6 Å². The molecule has 0 amide bonds. The molecule has 0 radical (unpaired) electrons. The molecule has 0 aliphatic heterocycles. The summed E-state index contributed by atoms with van der Waals surface area (Å²) in [6, 6.07) is 12.1. The van der Waals surface area contributed by atoms with Crippen molar-refractivity contribution in [1.29, 1.82) is 0 Å². The van der Waals surface area contributed by atoms with Gasteiger partial charge in [-0.05, 0) is 30.3 Å². The topological polar surface area (TPSA) is 55.8 Å². The number of methoxy groups -OCH3 is 1. The lowest BCUT2D eigenvalue weighted by Gasteiger charge is -2.12. The number of hydrogen-bond donors (Lipinski definition) is 1. The fraction of sp³-hybridized carbons (Fsp3) is 0.133. The Labute approximate surface area is 125 Å². The molecule has 4 nitrogen and oxygen atoms in total. The maximum atomic E-state index is 11.1. The molecule has 20 heavy (non-hydrogen) atoms. The minimum Gasteiger partial charge on any atom is -0.496 e. The van der Waals surface area contributed by atoms with Crippen molar-refractivity contribution < 1.29 is 19.4 Å². The molecule has 0 aromatic heterocycles. The predicted octanol–water partition coefficient (Wildman–Crippen LogP) is 3.73. The van der Waals surface area contributed by atoms with Crippen LogP contribution in [0.25, 0.3) is 0 Å². The first-order valence-electron chi connectivity index (χ1n) is 5.89. The van der Waals surface area contributed by atoms with Crippen LogP contribution < -0.4 is 9.47 Å². The van der Waals surface area contributed by atoms with Crippen molar-refractivity contribution >= 4 is 21.9 Å². The fourth-order valence-electron chi connectivity index (χ4n) is 1.78.